The van der Waals surface area contributed by atoms with Crippen molar-refractivity contribution in [3.8, 4) is 0 Å². The number of H-pyrrole nitrogens is 1. The second kappa shape index (κ2) is 2.95. The topological polar surface area (TPSA) is 75.7 Å². The van der Waals surface area contributed by atoms with Gasteiger partial charge < -0.3 is 0 Å². The van der Waals surface area contributed by atoms with Crippen molar-refractivity contribution in [1.82, 2.24) is 15.2 Å². The van der Waals surface area contributed by atoms with Gasteiger partial charge in [0.15, 0.2) is 9.84 Å². The SMILES string of the molecule is O=S1(=O)C=CCC1Cc1ncn[nH]1. The largest absolute Gasteiger partial charge is 0.263 e. The van der Waals surface area contributed by atoms with Crippen LogP contribution >= 0.6 is 0 Å². The normalized spacial score (nSPS) is 25.1. The molecule has 0 aliphatic carbocycles. The summed E-state index contributed by atoms with van der Waals surface area (Å²) in [5, 5.41) is 7.22. The van der Waals surface area contributed by atoms with E-state index in [9.17, 15) is 8.42 Å². The molecule has 2 rings (SSSR count). The predicted molar refractivity (Wildman–Crippen MR) is 46.6 cm³/mol. The monoisotopic (exact) mass is 199 g/mol. The average Bonchev–Trinajstić information content (AvgIpc) is 2.63. The van der Waals surface area contributed by atoms with Gasteiger partial charge in [0, 0.05) is 11.8 Å². The number of nitrogens with zero attached hydrogens (tertiary/aromatic N) is 2. The number of hydrogen-bond donors (Lipinski definition) is 1. The van der Waals surface area contributed by atoms with Crippen LogP contribution < -0.4 is 0 Å². The average molecular weight is 199 g/mol. The zero-order valence-electron chi connectivity index (χ0n) is 6.84. The first-order chi connectivity index (χ1) is 6.18. The maximum Gasteiger partial charge on any atom is 0.174 e. The fourth-order valence-electron chi connectivity index (χ4n) is 1.33. The highest BCUT2D eigenvalue weighted by Crippen LogP contribution is 2.19. The van der Waals surface area contributed by atoms with Crippen LogP contribution in [0.3, 0.4) is 0 Å². The number of sulfone groups is 1. The van der Waals surface area contributed by atoms with Crippen LogP contribution in [0.2, 0.25) is 0 Å². The number of nitrogens with one attached hydrogen (secondary N) is 1. The van der Waals surface area contributed by atoms with Crippen molar-refractivity contribution >= 4 is 9.84 Å². The van der Waals surface area contributed by atoms with Crippen LogP contribution in [-0.4, -0.2) is 28.8 Å². The van der Waals surface area contributed by atoms with Gasteiger partial charge in [-0.25, -0.2) is 13.4 Å². The van der Waals surface area contributed by atoms with Gasteiger partial charge in [-0.1, -0.05) is 6.08 Å². The zero-order valence-corrected chi connectivity index (χ0v) is 7.66. The molecule has 5 nitrogen and oxygen atoms in total. The Bertz CT molecular complexity index is 407. The van der Waals surface area contributed by atoms with E-state index < -0.39 is 9.84 Å². The Morgan fingerprint density at radius 1 is 1.62 bits per heavy atom. The molecule has 0 amide bonds. The lowest BCUT2D eigenvalue weighted by atomic mass is 10.2. The van der Waals surface area contributed by atoms with E-state index in [4.69, 9.17) is 0 Å². The quantitative estimate of drug-likeness (QED) is 0.730. The molecule has 2 heterocycles. The molecule has 1 aromatic heterocycles. The van der Waals surface area contributed by atoms with Crippen LogP contribution in [0.15, 0.2) is 17.8 Å². The van der Waals surface area contributed by atoms with E-state index in [1.165, 1.54) is 11.7 Å². The van der Waals surface area contributed by atoms with Crippen molar-refractivity contribution in [2.45, 2.75) is 18.1 Å². The van der Waals surface area contributed by atoms with Gasteiger partial charge in [0.2, 0.25) is 0 Å². The molecule has 0 radical (unpaired) electrons. The van der Waals surface area contributed by atoms with Gasteiger partial charge in [-0.3, -0.25) is 5.10 Å². The molecule has 13 heavy (non-hydrogen) atoms. The van der Waals surface area contributed by atoms with Gasteiger partial charge in [-0.2, -0.15) is 5.10 Å². The van der Waals surface area contributed by atoms with Crippen molar-refractivity contribution in [1.29, 1.82) is 0 Å². The smallest absolute Gasteiger partial charge is 0.174 e. The summed E-state index contributed by atoms with van der Waals surface area (Å²) in [5.74, 6) is 0.622. The highest BCUT2D eigenvalue weighted by atomic mass is 32.2. The Kier molecular flexibility index (Phi) is 1.91. The lowest BCUT2D eigenvalue weighted by Gasteiger charge is -2.05. The lowest BCUT2D eigenvalue weighted by Crippen LogP contribution is -2.17. The summed E-state index contributed by atoms with van der Waals surface area (Å²) < 4.78 is 22.7. The Labute approximate surface area is 75.8 Å². The maximum atomic E-state index is 11.3. The molecule has 0 spiro atoms. The third-order valence-corrected chi connectivity index (χ3v) is 3.90. The fourth-order valence-corrected chi connectivity index (χ4v) is 2.70. The molecule has 0 fully saturated rings. The minimum atomic E-state index is -3.03. The number of aromatic nitrogens is 3. The summed E-state index contributed by atoms with van der Waals surface area (Å²) in [6.45, 7) is 0. The molecule has 70 valence electrons. The van der Waals surface area contributed by atoms with Gasteiger partial charge in [0.05, 0.1) is 5.25 Å². The van der Waals surface area contributed by atoms with Crippen LogP contribution in [0.5, 0.6) is 0 Å². The fraction of sp³-hybridized carbons (Fsp3) is 0.429. The van der Waals surface area contributed by atoms with E-state index in [2.05, 4.69) is 15.2 Å². The van der Waals surface area contributed by atoms with E-state index in [-0.39, 0.29) is 5.25 Å². The molecule has 0 saturated carbocycles. The van der Waals surface area contributed by atoms with Crippen LogP contribution in [0.25, 0.3) is 0 Å². The van der Waals surface area contributed by atoms with Crippen LogP contribution in [0, 0.1) is 0 Å². The summed E-state index contributed by atoms with van der Waals surface area (Å²) in [5.41, 5.74) is 0. The molecule has 0 bridgehead atoms. The standard InChI is InChI=1S/C7H9N3O2S/c11-13(12)3-1-2-6(13)4-7-8-5-9-10-7/h1,3,5-6H,2,4H2,(H,8,9,10). The molecule has 1 N–H and O–H groups in total. The Balaban J connectivity index is 2.13. The summed E-state index contributed by atoms with van der Waals surface area (Å²) in [6.07, 6.45) is 4.04. The first-order valence-corrected chi connectivity index (χ1v) is 5.54. The van der Waals surface area contributed by atoms with Crippen molar-refractivity contribution in [3.63, 3.8) is 0 Å². The zero-order chi connectivity index (χ0) is 9.31. The second-order valence-corrected chi connectivity index (χ2v) is 5.07. The van der Waals surface area contributed by atoms with Gasteiger partial charge >= 0.3 is 0 Å². The first-order valence-electron chi connectivity index (χ1n) is 3.93. The molecule has 0 saturated heterocycles. The summed E-state index contributed by atoms with van der Waals surface area (Å²) in [7, 11) is -3.03. The molecule has 6 heteroatoms. The molecular weight excluding hydrogens is 190 g/mol. The molecule has 1 atom stereocenters. The molecule has 1 unspecified atom stereocenters. The highest BCUT2D eigenvalue weighted by Gasteiger charge is 2.27. The summed E-state index contributed by atoms with van der Waals surface area (Å²) in [4.78, 5) is 3.89. The van der Waals surface area contributed by atoms with Gasteiger partial charge in [0.1, 0.15) is 12.2 Å². The van der Waals surface area contributed by atoms with Gasteiger partial charge in [0.25, 0.3) is 0 Å². The molecule has 1 aliphatic rings. The minimum Gasteiger partial charge on any atom is -0.263 e. The third kappa shape index (κ3) is 1.62. The van der Waals surface area contributed by atoms with Crippen molar-refractivity contribution in [2.24, 2.45) is 0 Å². The summed E-state index contributed by atoms with van der Waals surface area (Å²) >= 11 is 0. The second-order valence-electron chi connectivity index (χ2n) is 2.95. The van der Waals surface area contributed by atoms with Gasteiger partial charge in [-0.15, -0.1) is 0 Å². The Hall–Kier alpha value is -1.17. The number of allylic oxidation sites excluding steroid dienone is 1. The molecule has 0 aromatic carbocycles. The Morgan fingerprint density at radius 3 is 3.00 bits per heavy atom. The minimum absolute atomic E-state index is 0.361. The third-order valence-electron chi connectivity index (χ3n) is 2.04. The van der Waals surface area contributed by atoms with E-state index >= 15 is 0 Å². The van der Waals surface area contributed by atoms with Crippen LogP contribution in [0.1, 0.15) is 12.2 Å². The number of rotatable bonds is 2. The first kappa shape index (κ1) is 8.43. The molecule has 1 aromatic rings. The summed E-state index contributed by atoms with van der Waals surface area (Å²) in [6, 6.07) is 0. The maximum absolute atomic E-state index is 11.3. The van der Waals surface area contributed by atoms with E-state index in [0.717, 1.165) is 0 Å². The van der Waals surface area contributed by atoms with Crippen LogP contribution in [0.4, 0.5) is 0 Å². The van der Waals surface area contributed by atoms with Crippen molar-refractivity contribution in [3.05, 3.63) is 23.6 Å². The molecule has 1 aliphatic heterocycles. The van der Waals surface area contributed by atoms with Gasteiger partial charge in [-0.05, 0) is 6.42 Å². The number of aromatic amines is 1. The predicted octanol–water partition coefficient (Wildman–Crippen LogP) is 0.0480. The Morgan fingerprint density at radius 2 is 2.46 bits per heavy atom. The lowest BCUT2D eigenvalue weighted by molar-refractivity contribution is 0.589. The number of hydrogen-bond acceptors (Lipinski definition) is 4. The van der Waals surface area contributed by atoms with Crippen molar-refractivity contribution < 1.29 is 8.42 Å². The molecular formula is C7H9N3O2S. The van der Waals surface area contributed by atoms with E-state index in [1.807, 2.05) is 0 Å². The van der Waals surface area contributed by atoms with Crippen molar-refractivity contribution in [2.75, 3.05) is 0 Å². The van der Waals surface area contributed by atoms with E-state index in [1.54, 1.807) is 6.08 Å². The highest BCUT2D eigenvalue weighted by molar-refractivity contribution is 7.95. The van der Waals surface area contributed by atoms with Crippen LogP contribution in [-0.2, 0) is 16.3 Å². The van der Waals surface area contributed by atoms with E-state index in [0.29, 0.717) is 18.7 Å².